The number of halogens is 1. The molecule has 1 atom stereocenters. The zero-order chi connectivity index (χ0) is 15.9. The number of rotatable bonds is 6. The predicted molar refractivity (Wildman–Crippen MR) is 88.0 cm³/mol. The minimum atomic E-state index is -0.580. The van der Waals surface area contributed by atoms with Crippen LogP contribution in [0.4, 0.5) is 0 Å². The fourth-order valence-corrected chi connectivity index (χ4v) is 2.94. The van der Waals surface area contributed by atoms with Gasteiger partial charge in [0, 0.05) is 49.9 Å². The summed E-state index contributed by atoms with van der Waals surface area (Å²) in [5, 5.41) is 13.7. The summed E-state index contributed by atoms with van der Waals surface area (Å²) in [4.78, 5) is 15.9. The van der Waals surface area contributed by atoms with Crippen molar-refractivity contribution >= 4 is 17.5 Å². The van der Waals surface area contributed by atoms with Gasteiger partial charge in [0.25, 0.3) is 0 Å². The normalized spacial score (nSPS) is 18.1. The van der Waals surface area contributed by atoms with Gasteiger partial charge in [0.05, 0.1) is 12.6 Å². The standard InChI is InChI=1S/C16H24ClN3O2/c1-2-18-16(22)12-20-9-7-19(8-10-20)11-15(21)13-5-3-4-6-14(13)17/h3-6,15,21H,2,7-12H2,1H3,(H,18,22). The van der Waals surface area contributed by atoms with Gasteiger partial charge in [0.15, 0.2) is 0 Å². The van der Waals surface area contributed by atoms with E-state index >= 15 is 0 Å². The number of carbonyl (C=O) groups excluding carboxylic acids is 1. The smallest absolute Gasteiger partial charge is 0.234 e. The van der Waals surface area contributed by atoms with Gasteiger partial charge < -0.3 is 10.4 Å². The topological polar surface area (TPSA) is 55.8 Å². The SMILES string of the molecule is CCNC(=O)CN1CCN(CC(O)c2ccccc2Cl)CC1. The number of aliphatic hydroxyl groups is 1. The van der Waals surface area contributed by atoms with Gasteiger partial charge in [-0.15, -0.1) is 0 Å². The van der Waals surface area contributed by atoms with Crippen molar-refractivity contribution < 1.29 is 9.90 Å². The molecule has 1 aliphatic rings. The first-order chi connectivity index (χ1) is 10.6. The summed E-state index contributed by atoms with van der Waals surface area (Å²) in [6, 6.07) is 7.40. The predicted octanol–water partition coefficient (Wildman–Crippen LogP) is 1.13. The molecule has 6 heteroatoms. The summed E-state index contributed by atoms with van der Waals surface area (Å²) in [6.07, 6.45) is -0.580. The second-order valence-electron chi connectivity index (χ2n) is 5.57. The average molecular weight is 326 g/mol. The van der Waals surface area contributed by atoms with Crippen molar-refractivity contribution in [1.82, 2.24) is 15.1 Å². The van der Waals surface area contributed by atoms with Crippen molar-refractivity contribution in [1.29, 1.82) is 0 Å². The number of hydrogen-bond acceptors (Lipinski definition) is 4. The molecule has 0 bridgehead atoms. The third kappa shape index (κ3) is 4.95. The Morgan fingerprint density at radius 2 is 1.91 bits per heavy atom. The van der Waals surface area contributed by atoms with Crippen LogP contribution in [0, 0.1) is 0 Å². The monoisotopic (exact) mass is 325 g/mol. The van der Waals surface area contributed by atoms with Crippen LogP contribution >= 0.6 is 11.6 Å². The first-order valence-electron chi connectivity index (χ1n) is 7.74. The van der Waals surface area contributed by atoms with E-state index in [4.69, 9.17) is 11.6 Å². The van der Waals surface area contributed by atoms with Crippen molar-refractivity contribution in [3.05, 3.63) is 34.9 Å². The molecule has 0 radical (unpaired) electrons. The molecule has 1 fully saturated rings. The Balaban J connectivity index is 1.78. The zero-order valence-electron chi connectivity index (χ0n) is 13.0. The minimum Gasteiger partial charge on any atom is -0.387 e. The molecule has 2 rings (SSSR count). The van der Waals surface area contributed by atoms with E-state index in [0.29, 0.717) is 24.7 Å². The maximum atomic E-state index is 11.6. The van der Waals surface area contributed by atoms with Crippen molar-refractivity contribution in [2.75, 3.05) is 45.8 Å². The van der Waals surface area contributed by atoms with Crippen LogP contribution < -0.4 is 5.32 Å². The summed E-state index contributed by atoms with van der Waals surface area (Å²) < 4.78 is 0. The number of likely N-dealkylation sites (N-methyl/N-ethyl adjacent to an activating group) is 1. The Morgan fingerprint density at radius 3 is 2.55 bits per heavy atom. The number of carbonyl (C=O) groups is 1. The van der Waals surface area contributed by atoms with E-state index in [1.165, 1.54) is 0 Å². The number of amides is 1. The van der Waals surface area contributed by atoms with E-state index in [1.54, 1.807) is 6.07 Å². The van der Waals surface area contributed by atoms with Crippen LogP contribution in [-0.4, -0.2) is 66.6 Å². The van der Waals surface area contributed by atoms with Crippen LogP contribution in [0.2, 0.25) is 5.02 Å². The highest BCUT2D eigenvalue weighted by atomic mass is 35.5. The van der Waals surface area contributed by atoms with Crippen molar-refractivity contribution in [2.45, 2.75) is 13.0 Å². The number of aliphatic hydroxyl groups excluding tert-OH is 1. The highest BCUT2D eigenvalue weighted by Crippen LogP contribution is 2.23. The van der Waals surface area contributed by atoms with Crippen LogP contribution in [0.1, 0.15) is 18.6 Å². The third-order valence-corrected chi connectivity index (χ3v) is 4.25. The van der Waals surface area contributed by atoms with Crippen molar-refractivity contribution in [3.8, 4) is 0 Å². The first kappa shape index (κ1) is 17.2. The van der Waals surface area contributed by atoms with Gasteiger partial charge in [-0.3, -0.25) is 14.6 Å². The first-order valence-corrected chi connectivity index (χ1v) is 8.12. The van der Waals surface area contributed by atoms with E-state index < -0.39 is 6.10 Å². The molecular weight excluding hydrogens is 302 g/mol. The second kappa shape index (κ2) is 8.48. The van der Waals surface area contributed by atoms with Gasteiger partial charge in [0.1, 0.15) is 0 Å². The second-order valence-corrected chi connectivity index (χ2v) is 5.97. The molecule has 2 N–H and O–H groups in total. The van der Waals surface area contributed by atoms with E-state index in [2.05, 4.69) is 15.1 Å². The van der Waals surface area contributed by atoms with Crippen LogP contribution in [0.25, 0.3) is 0 Å². The molecule has 1 saturated heterocycles. The van der Waals surface area contributed by atoms with Crippen LogP contribution in [0.5, 0.6) is 0 Å². The molecule has 1 aromatic rings. The molecule has 5 nitrogen and oxygen atoms in total. The van der Waals surface area contributed by atoms with Gasteiger partial charge in [0.2, 0.25) is 5.91 Å². The molecule has 0 spiro atoms. The summed E-state index contributed by atoms with van der Waals surface area (Å²) in [7, 11) is 0. The van der Waals surface area contributed by atoms with E-state index in [-0.39, 0.29) is 5.91 Å². The number of piperazine rings is 1. The number of nitrogens with one attached hydrogen (secondary N) is 1. The quantitative estimate of drug-likeness (QED) is 0.823. The lowest BCUT2D eigenvalue weighted by molar-refractivity contribution is -0.122. The van der Waals surface area contributed by atoms with Crippen molar-refractivity contribution in [2.24, 2.45) is 0 Å². The fourth-order valence-electron chi connectivity index (χ4n) is 2.67. The Morgan fingerprint density at radius 1 is 1.27 bits per heavy atom. The Bertz CT molecular complexity index is 490. The van der Waals surface area contributed by atoms with E-state index in [9.17, 15) is 9.90 Å². The lowest BCUT2D eigenvalue weighted by Gasteiger charge is -2.35. The van der Waals surface area contributed by atoms with Gasteiger partial charge in [-0.25, -0.2) is 0 Å². The molecule has 0 aromatic heterocycles. The minimum absolute atomic E-state index is 0.0760. The van der Waals surface area contributed by atoms with Gasteiger partial charge in [-0.1, -0.05) is 29.8 Å². The highest BCUT2D eigenvalue weighted by molar-refractivity contribution is 6.31. The lowest BCUT2D eigenvalue weighted by atomic mass is 10.1. The van der Waals surface area contributed by atoms with E-state index in [0.717, 1.165) is 31.7 Å². The number of β-amino-alcohol motifs (C(OH)–C–C–N with tert-alkyl or cyclic N) is 1. The molecule has 22 heavy (non-hydrogen) atoms. The molecule has 122 valence electrons. The van der Waals surface area contributed by atoms with Crippen LogP contribution in [0.3, 0.4) is 0 Å². The number of nitrogens with zero attached hydrogens (tertiary/aromatic N) is 2. The summed E-state index contributed by atoms with van der Waals surface area (Å²) in [5.74, 6) is 0.0760. The van der Waals surface area contributed by atoms with Gasteiger partial charge >= 0.3 is 0 Å². The summed E-state index contributed by atoms with van der Waals surface area (Å²) in [5.41, 5.74) is 0.772. The average Bonchev–Trinajstić information content (AvgIpc) is 2.50. The third-order valence-electron chi connectivity index (χ3n) is 3.90. The van der Waals surface area contributed by atoms with Gasteiger partial charge in [-0.05, 0) is 13.0 Å². The summed E-state index contributed by atoms with van der Waals surface area (Å²) >= 11 is 6.12. The van der Waals surface area contributed by atoms with Crippen LogP contribution in [0.15, 0.2) is 24.3 Å². The number of benzene rings is 1. The highest BCUT2D eigenvalue weighted by Gasteiger charge is 2.21. The van der Waals surface area contributed by atoms with Crippen molar-refractivity contribution in [3.63, 3.8) is 0 Å². The molecule has 1 unspecified atom stereocenters. The maximum absolute atomic E-state index is 11.6. The maximum Gasteiger partial charge on any atom is 0.234 e. The molecule has 0 aliphatic carbocycles. The Kier molecular flexibility index (Phi) is 6.64. The number of hydrogen-bond donors (Lipinski definition) is 2. The Labute approximate surface area is 136 Å². The molecule has 1 heterocycles. The molecular formula is C16H24ClN3O2. The molecule has 1 aliphatic heterocycles. The molecule has 1 aromatic carbocycles. The molecule has 0 saturated carbocycles. The summed E-state index contributed by atoms with van der Waals surface area (Å²) in [6.45, 7) is 6.99. The zero-order valence-corrected chi connectivity index (χ0v) is 13.7. The lowest BCUT2D eigenvalue weighted by Crippen LogP contribution is -2.50. The largest absolute Gasteiger partial charge is 0.387 e. The van der Waals surface area contributed by atoms with Crippen LogP contribution in [-0.2, 0) is 4.79 Å². The fraction of sp³-hybridized carbons (Fsp3) is 0.562. The van der Waals surface area contributed by atoms with E-state index in [1.807, 2.05) is 25.1 Å². The van der Waals surface area contributed by atoms with Gasteiger partial charge in [-0.2, -0.15) is 0 Å². The molecule has 1 amide bonds. The Hall–Kier alpha value is -1.14.